The van der Waals surface area contributed by atoms with E-state index in [2.05, 4.69) is 25.8 Å². The van der Waals surface area contributed by atoms with Gasteiger partial charge in [0.15, 0.2) is 5.75 Å². The summed E-state index contributed by atoms with van der Waals surface area (Å²) in [5.74, 6) is -2.03. The average molecular weight is 420 g/mol. The van der Waals surface area contributed by atoms with Crippen molar-refractivity contribution in [2.45, 2.75) is 0 Å². The van der Waals surface area contributed by atoms with E-state index in [-0.39, 0.29) is 23.0 Å². The zero-order valence-corrected chi connectivity index (χ0v) is 15.7. The van der Waals surface area contributed by atoms with E-state index < -0.39 is 22.3 Å². The summed E-state index contributed by atoms with van der Waals surface area (Å²) in [6.07, 6.45) is 2.59. The largest absolute Gasteiger partial charge is 0.431 e. The lowest BCUT2D eigenvalue weighted by molar-refractivity contribution is -0.385. The lowest BCUT2D eigenvalue weighted by Crippen LogP contribution is -2.31. The Bertz CT molecular complexity index is 1290. The van der Waals surface area contributed by atoms with Crippen LogP contribution in [0.1, 0.15) is 10.4 Å². The number of anilines is 1. The summed E-state index contributed by atoms with van der Waals surface area (Å²) in [6, 6.07) is 14.0. The molecular weight excluding hydrogens is 407 g/mol. The molecule has 154 valence electrons. The monoisotopic (exact) mass is 420 g/mol. The zero-order chi connectivity index (χ0) is 21.8. The minimum Gasteiger partial charge on any atom is -0.431 e. The Morgan fingerprint density at radius 2 is 1.84 bits per heavy atom. The molecule has 0 aliphatic rings. The van der Waals surface area contributed by atoms with Crippen molar-refractivity contribution in [2.75, 3.05) is 5.43 Å². The normalized spacial score (nSPS) is 10.5. The number of rotatable bonds is 6. The second kappa shape index (κ2) is 8.37. The molecule has 0 fully saturated rings. The molecule has 10 nitrogen and oxygen atoms in total. The van der Waals surface area contributed by atoms with Crippen LogP contribution in [-0.2, 0) is 0 Å². The van der Waals surface area contributed by atoms with Gasteiger partial charge in [-0.05, 0) is 24.3 Å². The smallest absolute Gasteiger partial charge is 0.374 e. The molecule has 0 radical (unpaired) electrons. The molecule has 0 bridgehead atoms. The molecule has 2 aromatic carbocycles. The highest BCUT2D eigenvalue weighted by molar-refractivity contribution is 5.95. The quantitative estimate of drug-likeness (QED) is 0.357. The number of aromatic nitrogens is 3. The van der Waals surface area contributed by atoms with Gasteiger partial charge in [-0.1, -0.05) is 30.3 Å². The first-order valence-electron chi connectivity index (χ1n) is 8.86. The van der Waals surface area contributed by atoms with Gasteiger partial charge < -0.3 is 4.74 Å². The van der Waals surface area contributed by atoms with Crippen LogP contribution in [0, 0.1) is 15.9 Å². The predicted octanol–water partition coefficient (Wildman–Crippen LogP) is 3.62. The van der Waals surface area contributed by atoms with Crippen LogP contribution in [0.4, 0.5) is 15.9 Å². The van der Waals surface area contributed by atoms with Crippen LogP contribution < -0.4 is 15.6 Å². The molecule has 0 saturated carbocycles. The summed E-state index contributed by atoms with van der Waals surface area (Å²) in [4.78, 5) is 35.0. The second-order valence-corrected chi connectivity index (χ2v) is 6.13. The molecule has 0 aliphatic carbocycles. The molecule has 0 aliphatic heterocycles. The number of ether oxygens (including phenoxy) is 1. The molecule has 2 aromatic heterocycles. The number of benzene rings is 2. The van der Waals surface area contributed by atoms with Crippen LogP contribution in [0.25, 0.3) is 10.9 Å². The van der Waals surface area contributed by atoms with E-state index in [0.717, 1.165) is 17.8 Å². The molecule has 4 aromatic rings. The lowest BCUT2D eigenvalue weighted by atomic mass is 10.2. The summed E-state index contributed by atoms with van der Waals surface area (Å²) < 4.78 is 19.4. The summed E-state index contributed by atoms with van der Waals surface area (Å²) in [7, 11) is 0. The van der Waals surface area contributed by atoms with Crippen molar-refractivity contribution in [3.63, 3.8) is 0 Å². The molecule has 11 heteroatoms. The highest BCUT2D eigenvalue weighted by atomic mass is 19.1. The molecule has 2 heterocycles. The average Bonchev–Trinajstić information content (AvgIpc) is 2.78. The molecule has 0 saturated heterocycles. The fourth-order valence-corrected chi connectivity index (χ4v) is 2.78. The van der Waals surface area contributed by atoms with E-state index in [9.17, 15) is 19.3 Å². The first kappa shape index (κ1) is 19.6. The lowest BCUT2D eigenvalue weighted by Gasteiger charge is -2.11. The van der Waals surface area contributed by atoms with Gasteiger partial charge in [-0.15, -0.1) is 0 Å². The molecule has 1 amide bonds. The van der Waals surface area contributed by atoms with Crippen molar-refractivity contribution >= 4 is 28.3 Å². The Kier molecular flexibility index (Phi) is 5.30. The Morgan fingerprint density at radius 3 is 2.65 bits per heavy atom. The van der Waals surface area contributed by atoms with E-state index in [1.54, 1.807) is 24.4 Å². The van der Waals surface area contributed by atoms with Crippen LogP contribution in [0.5, 0.6) is 11.6 Å². The first-order valence-corrected chi connectivity index (χ1v) is 8.86. The molecule has 0 spiro atoms. The van der Waals surface area contributed by atoms with Gasteiger partial charge in [0, 0.05) is 11.6 Å². The van der Waals surface area contributed by atoms with Gasteiger partial charge in [-0.3, -0.25) is 30.7 Å². The van der Waals surface area contributed by atoms with E-state index in [1.165, 1.54) is 18.2 Å². The van der Waals surface area contributed by atoms with E-state index in [1.807, 2.05) is 12.1 Å². The number of nitrogens with one attached hydrogen (secondary N) is 2. The predicted molar refractivity (Wildman–Crippen MR) is 108 cm³/mol. The van der Waals surface area contributed by atoms with E-state index >= 15 is 0 Å². The van der Waals surface area contributed by atoms with Crippen LogP contribution in [0.15, 0.2) is 67.1 Å². The Hall–Kier alpha value is -4.67. The number of hydrogen-bond donors (Lipinski definition) is 2. The number of carbonyl (C=O) groups is 1. The van der Waals surface area contributed by atoms with Crippen LogP contribution in [-0.4, -0.2) is 25.8 Å². The third kappa shape index (κ3) is 4.05. The number of halogens is 1. The van der Waals surface area contributed by atoms with Gasteiger partial charge in [0.25, 0.3) is 5.91 Å². The number of hydrogen-bond acceptors (Lipinski definition) is 8. The van der Waals surface area contributed by atoms with Crippen molar-refractivity contribution in [2.24, 2.45) is 0 Å². The highest BCUT2D eigenvalue weighted by Crippen LogP contribution is 2.35. The molecular formula is C20H13FN6O4. The SMILES string of the molecule is O=C(NNc1ncnc(Oc2cccc3cccnc23)c1[N+](=O)[O-])c1ccccc1F. The zero-order valence-electron chi connectivity index (χ0n) is 15.7. The minimum absolute atomic E-state index is 0.245. The van der Waals surface area contributed by atoms with Gasteiger partial charge in [0.2, 0.25) is 5.82 Å². The molecule has 0 atom stereocenters. The van der Waals surface area contributed by atoms with Gasteiger partial charge in [-0.2, -0.15) is 4.98 Å². The van der Waals surface area contributed by atoms with Crippen LogP contribution >= 0.6 is 0 Å². The number of fused-ring (bicyclic) bond motifs is 1. The minimum atomic E-state index is -0.841. The maximum atomic E-state index is 13.8. The number of pyridine rings is 1. The fourth-order valence-electron chi connectivity index (χ4n) is 2.78. The number of nitrogens with zero attached hydrogens (tertiary/aromatic N) is 4. The van der Waals surface area contributed by atoms with Crippen molar-refractivity contribution in [1.82, 2.24) is 20.4 Å². The number of hydrazine groups is 1. The maximum absolute atomic E-state index is 13.8. The van der Waals surface area contributed by atoms with Gasteiger partial charge >= 0.3 is 11.6 Å². The number of carbonyl (C=O) groups excluding carboxylic acids is 1. The second-order valence-electron chi connectivity index (χ2n) is 6.13. The summed E-state index contributed by atoms with van der Waals surface area (Å²) in [5.41, 5.74) is 4.13. The number of para-hydroxylation sites is 1. The Balaban J connectivity index is 1.63. The first-order chi connectivity index (χ1) is 15.0. The highest BCUT2D eigenvalue weighted by Gasteiger charge is 2.26. The Labute approximate surface area is 173 Å². The molecule has 4 rings (SSSR count). The third-order valence-electron chi connectivity index (χ3n) is 4.19. The topological polar surface area (TPSA) is 132 Å². The van der Waals surface area contributed by atoms with E-state index in [4.69, 9.17) is 4.74 Å². The Morgan fingerprint density at radius 1 is 1.03 bits per heavy atom. The van der Waals surface area contributed by atoms with E-state index in [0.29, 0.717) is 5.52 Å². The van der Waals surface area contributed by atoms with Crippen molar-refractivity contribution < 1.29 is 18.8 Å². The number of nitro groups is 1. The van der Waals surface area contributed by atoms with Gasteiger partial charge in [0.1, 0.15) is 17.7 Å². The maximum Gasteiger partial charge on any atom is 0.374 e. The summed E-state index contributed by atoms with van der Waals surface area (Å²) >= 11 is 0. The molecule has 31 heavy (non-hydrogen) atoms. The van der Waals surface area contributed by atoms with Gasteiger partial charge in [0.05, 0.1) is 10.5 Å². The molecule has 0 unspecified atom stereocenters. The summed E-state index contributed by atoms with van der Waals surface area (Å²) in [6.45, 7) is 0. The van der Waals surface area contributed by atoms with Crippen molar-refractivity contribution in [1.29, 1.82) is 0 Å². The number of amides is 1. The van der Waals surface area contributed by atoms with Crippen LogP contribution in [0.2, 0.25) is 0 Å². The standard InChI is InChI=1S/C20H13FN6O4/c21-14-8-2-1-7-13(14)19(28)26-25-18-17(27(29)30)20(24-11-23-18)31-15-9-3-5-12-6-4-10-22-16(12)15/h1-11H,(H,26,28)(H,23,24,25). The summed E-state index contributed by atoms with van der Waals surface area (Å²) in [5, 5.41) is 12.5. The third-order valence-corrected chi connectivity index (χ3v) is 4.19. The van der Waals surface area contributed by atoms with Crippen molar-refractivity contribution in [3.05, 3.63) is 88.6 Å². The van der Waals surface area contributed by atoms with Crippen LogP contribution in [0.3, 0.4) is 0 Å². The van der Waals surface area contributed by atoms with Gasteiger partial charge in [-0.25, -0.2) is 9.37 Å². The fraction of sp³-hybridized carbons (Fsp3) is 0. The molecule has 2 N–H and O–H groups in total. The van der Waals surface area contributed by atoms with Crippen molar-refractivity contribution in [3.8, 4) is 11.6 Å².